The summed E-state index contributed by atoms with van der Waals surface area (Å²) in [6.07, 6.45) is 1.86. The highest BCUT2D eigenvalue weighted by atomic mass is 32.2. The summed E-state index contributed by atoms with van der Waals surface area (Å²) in [6.45, 7) is 8.01. The topological polar surface area (TPSA) is 60.9 Å². The van der Waals surface area contributed by atoms with Gasteiger partial charge in [-0.2, -0.15) is 0 Å². The molecule has 1 saturated heterocycles. The number of carbonyl (C=O) groups excluding carboxylic acids is 1. The first-order chi connectivity index (χ1) is 14.2. The van der Waals surface area contributed by atoms with Crippen LogP contribution in [-0.2, 0) is 23.0 Å². The van der Waals surface area contributed by atoms with Crippen LogP contribution in [0.15, 0.2) is 42.5 Å². The van der Waals surface area contributed by atoms with E-state index in [4.69, 9.17) is 0 Å². The van der Waals surface area contributed by atoms with Crippen LogP contribution in [0.5, 0.6) is 0 Å². The summed E-state index contributed by atoms with van der Waals surface area (Å²) in [4.78, 5) is 17.3. The van der Waals surface area contributed by atoms with E-state index in [0.29, 0.717) is 30.8 Å². The fraction of sp³-hybridized carbons (Fsp3) is 0.435. The van der Waals surface area contributed by atoms with Crippen molar-refractivity contribution >= 4 is 21.6 Å². The van der Waals surface area contributed by atoms with Gasteiger partial charge in [-0.1, -0.05) is 29.8 Å². The lowest BCUT2D eigenvalue weighted by Gasteiger charge is -2.35. The van der Waals surface area contributed by atoms with E-state index >= 15 is 0 Å². The monoisotopic (exact) mass is 427 g/mol. The van der Waals surface area contributed by atoms with Crippen LogP contribution in [0.25, 0.3) is 0 Å². The molecule has 0 unspecified atom stereocenters. The first kappa shape index (κ1) is 20.9. The molecule has 4 rings (SSSR count). The van der Waals surface area contributed by atoms with Crippen molar-refractivity contribution in [2.45, 2.75) is 32.9 Å². The lowest BCUT2D eigenvalue weighted by atomic mass is 10.1. The van der Waals surface area contributed by atoms with Crippen molar-refractivity contribution in [1.29, 1.82) is 0 Å². The number of nitrogens with zero attached hydrogens (tertiary/aromatic N) is 3. The second-order valence-corrected chi connectivity index (χ2v) is 10.4. The van der Waals surface area contributed by atoms with Crippen LogP contribution in [0, 0.1) is 6.92 Å². The lowest BCUT2D eigenvalue weighted by molar-refractivity contribution is 0.0628. The minimum atomic E-state index is -3.32. The number of benzene rings is 2. The predicted molar refractivity (Wildman–Crippen MR) is 119 cm³/mol. The Hall–Kier alpha value is -2.38. The molecule has 0 saturated carbocycles. The van der Waals surface area contributed by atoms with E-state index in [1.165, 1.54) is 21.7 Å². The maximum Gasteiger partial charge on any atom is 0.253 e. The zero-order chi connectivity index (χ0) is 21.5. The summed E-state index contributed by atoms with van der Waals surface area (Å²) in [7, 11) is -3.32. The molecule has 0 spiro atoms. The van der Waals surface area contributed by atoms with Gasteiger partial charge in [0.25, 0.3) is 5.91 Å². The third kappa shape index (κ3) is 4.23. The van der Waals surface area contributed by atoms with E-state index in [-0.39, 0.29) is 11.9 Å². The average Bonchev–Trinajstić information content (AvgIpc) is 3.03. The first-order valence-corrected chi connectivity index (χ1v) is 12.3. The first-order valence-electron chi connectivity index (χ1n) is 10.4. The maximum absolute atomic E-state index is 13.0. The van der Waals surface area contributed by atoms with Crippen molar-refractivity contribution in [3.63, 3.8) is 0 Å². The molecule has 2 heterocycles. The molecule has 1 amide bonds. The Morgan fingerprint density at radius 2 is 1.80 bits per heavy atom. The minimum absolute atomic E-state index is 0.0264. The molecule has 0 aliphatic carbocycles. The zero-order valence-electron chi connectivity index (χ0n) is 17.8. The Balaban J connectivity index is 1.41. The van der Waals surface area contributed by atoms with Gasteiger partial charge in [0.15, 0.2) is 0 Å². The second-order valence-electron chi connectivity index (χ2n) is 8.51. The van der Waals surface area contributed by atoms with Crippen LogP contribution in [-0.4, -0.2) is 62.6 Å². The minimum Gasteiger partial charge on any atom is -0.336 e. The normalized spacial score (nSPS) is 19.8. The van der Waals surface area contributed by atoms with Gasteiger partial charge < -0.3 is 4.90 Å². The Kier molecular flexibility index (Phi) is 5.59. The fourth-order valence-corrected chi connectivity index (χ4v) is 5.87. The summed E-state index contributed by atoms with van der Waals surface area (Å²) in [5.74, 6) is 0.0264. The molecule has 0 radical (unpaired) electrons. The van der Waals surface area contributed by atoms with Gasteiger partial charge in [0, 0.05) is 44.3 Å². The van der Waals surface area contributed by atoms with Crippen molar-refractivity contribution in [3.05, 3.63) is 64.7 Å². The molecule has 0 N–H and O–H groups in total. The van der Waals surface area contributed by atoms with Gasteiger partial charge in [-0.25, -0.2) is 8.42 Å². The molecule has 0 aromatic heterocycles. The number of hydrogen-bond acceptors (Lipinski definition) is 4. The van der Waals surface area contributed by atoms with Gasteiger partial charge in [-0.3, -0.25) is 14.0 Å². The quantitative estimate of drug-likeness (QED) is 0.753. The van der Waals surface area contributed by atoms with Gasteiger partial charge in [0.05, 0.1) is 11.9 Å². The van der Waals surface area contributed by atoms with Gasteiger partial charge in [-0.15, -0.1) is 0 Å². The van der Waals surface area contributed by atoms with Crippen LogP contribution in [0.1, 0.15) is 34.0 Å². The van der Waals surface area contributed by atoms with Crippen molar-refractivity contribution < 1.29 is 13.2 Å². The SMILES string of the molecule is Cc1cccc(CN2CCN(C(=O)c3ccc4c(c3)C[C@H](C)N4S(C)(=O)=O)CC2)c1. The smallest absolute Gasteiger partial charge is 0.253 e. The molecule has 1 atom stereocenters. The summed E-state index contributed by atoms with van der Waals surface area (Å²) in [5.41, 5.74) is 4.84. The number of aryl methyl sites for hydroxylation is 1. The third-order valence-corrected chi connectivity index (χ3v) is 7.26. The molecule has 160 valence electrons. The molecule has 2 aliphatic heterocycles. The van der Waals surface area contributed by atoms with Crippen molar-refractivity contribution in [1.82, 2.24) is 9.80 Å². The van der Waals surface area contributed by atoms with E-state index in [9.17, 15) is 13.2 Å². The van der Waals surface area contributed by atoms with E-state index in [2.05, 4.69) is 36.1 Å². The molecular weight excluding hydrogens is 398 g/mol. The molecule has 6 nitrogen and oxygen atoms in total. The number of carbonyl (C=O) groups is 1. The van der Waals surface area contributed by atoms with Crippen LogP contribution < -0.4 is 4.31 Å². The van der Waals surface area contributed by atoms with Crippen LogP contribution >= 0.6 is 0 Å². The highest BCUT2D eigenvalue weighted by Crippen LogP contribution is 2.35. The van der Waals surface area contributed by atoms with E-state index in [1.54, 1.807) is 12.1 Å². The van der Waals surface area contributed by atoms with Gasteiger partial charge in [0.1, 0.15) is 0 Å². The van der Waals surface area contributed by atoms with Crippen molar-refractivity contribution in [2.24, 2.45) is 0 Å². The van der Waals surface area contributed by atoms with Crippen LogP contribution in [0.2, 0.25) is 0 Å². The number of amides is 1. The Labute approximate surface area is 179 Å². The van der Waals surface area contributed by atoms with E-state index in [0.717, 1.165) is 25.2 Å². The standard InChI is InChI=1S/C23H29N3O3S/c1-17-5-4-6-19(13-17)16-24-9-11-25(12-10-24)23(27)20-7-8-22-21(15-20)14-18(2)26(22)30(3,28)29/h4-8,13,15,18H,9-12,14,16H2,1-3H3/t18-/m0/s1. The molecule has 2 aromatic carbocycles. The molecule has 30 heavy (non-hydrogen) atoms. The molecule has 0 bridgehead atoms. The highest BCUT2D eigenvalue weighted by molar-refractivity contribution is 7.92. The molecular formula is C23H29N3O3S. The molecule has 7 heteroatoms. The zero-order valence-corrected chi connectivity index (χ0v) is 18.7. The molecule has 2 aromatic rings. The predicted octanol–water partition coefficient (Wildman–Crippen LogP) is 2.66. The van der Waals surface area contributed by atoms with Gasteiger partial charge >= 0.3 is 0 Å². The molecule has 2 aliphatic rings. The Morgan fingerprint density at radius 1 is 1.07 bits per heavy atom. The number of anilines is 1. The van der Waals surface area contributed by atoms with Gasteiger partial charge in [0.2, 0.25) is 10.0 Å². The highest BCUT2D eigenvalue weighted by Gasteiger charge is 2.33. The van der Waals surface area contributed by atoms with E-state index in [1.807, 2.05) is 17.9 Å². The maximum atomic E-state index is 13.0. The number of piperazine rings is 1. The summed E-state index contributed by atoms with van der Waals surface area (Å²) in [5, 5.41) is 0. The number of fused-ring (bicyclic) bond motifs is 1. The fourth-order valence-electron chi connectivity index (χ4n) is 4.60. The Bertz CT molecular complexity index is 1060. The summed E-state index contributed by atoms with van der Waals surface area (Å²) >= 11 is 0. The van der Waals surface area contributed by atoms with Crippen LogP contribution in [0.3, 0.4) is 0 Å². The van der Waals surface area contributed by atoms with Crippen LogP contribution in [0.4, 0.5) is 5.69 Å². The summed E-state index contributed by atoms with van der Waals surface area (Å²) in [6, 6.07) is 13.8. The Morgan fingerprint density at radius 3 is 2.47 bits per heavy atom. The summed E-state index contributed by atoms with van der Waals surface area (Å²) < 4.78 is 25.7. The second kappa shape index (κ2) is 8.04. The average molecular weight is 428 g/mol. The van der Waals surface area contributed by atoms with Crippen molar-refractivity contribution in [3.8, 4) is 0 Å². The lowest BCUT2D eigenvalue weighted by Crippen LogP contribution is -2.48. The molecule has 1 fully saturated rings. The van der Waals surface area contributed by atoms with E-state index < -0.39 is 10.0 Å². The number of hydrogen-bond donors (Lipinski definition) is 0. The number of rotatable bonds is 4. The number of sulfonamides is 1. The van der Waals surface area contributed by atoms with Crippen molar-refractivity contribution in [2.75, 3.05) is 36.7 Å². The van der Waals surface area contributed by atoms with Gasteiger partial charge in [-0.05, 0) is 49.6 Å². The third-order valence-electron chi connectivity index (χ3n) is 5.99. The largest absolute Gasteiger partial charge is 0.336 e.